The summed E-state index contributed by atoms with van der Waals surface area (Å²) in [6.45, 7) is 0. The van der Waals surface area contributed by atoms with Gasteiger partial charge in [0.15, 0.2) is 6.04 Å². The zero-order valence-corrected chi connectivity index (χ0v) is 20.6. The number of carbonyl (C=O) groups excluding carboxylic acids is 1. The Bertz CT molecular complexity index is 1520. The van der Waals surface area contributed by atoms with Crippen molar-refractivity contribution in [3.63, 3.8) is 0 Å². The maximum absolute atomic E-state index is 14.2. The summed E-state index contributed by atoms with van der Waals surface area (Å²) < 4.78 is 92.9. The molecule has 37 heavy (non-hydrogen) atoms. The molecule has 0 spiro atoms. The Kier molecular flexibility index (Phi) is 7.52. The molecule has 0 aliphatic heterocycles. The van der Waals surface area contributed by atoms with E-state index in [9.17, 15) is 35.5 Å². The van der Waals surface area contributed by atoms with Crippen LogP contribution in [0.15, 0.2) is 71.5 Å². The summed E-state index contributed by atoms with van der Waals surface area (Å²) >= 11 is 0.361. The minimum atomic E-state index is -5.16. The highest BCUT2D eigenvalue weighted by molar-refractivity contribution is 9.10. The molecule has 0 fully saturated rings. The minimum Gasteiger partial charge on any atom is -0.337 e. The number of nitrogens with zero attached hydrogens (tertiary/aromatic N) is 3. The maximum atomic E-state index is 14.2. The molecular formula is C23H14BrF5N4O3S. The summed E-state index contributed by atoms with van der Waals surface area (Å²) in [5.74, 6) is -3.94. The number of rotatable bonds is 6. The lowest BCUT2D eigenvalue weighted by atomic mass is 10.0. The zero-order valence-electron chi connectivity index (χ0n) is 18.2. The van der Waals surface area contributed by atoms with Crippen molar-refractivity contribution in [2.24, 2.45) is 0 Å². The first-order chi connectivity index (χ1) is 17.5. The molecule has 0 saturated carbocycles. The maximum Gasteiger partial charge on any atom is 0.412 e. The van der Waals surface area contributed by atoms with E-state index < -0.39 is 52.2 Å². The Morgan fingerprint density at radius 1 is 1.03 bits per heavy atom. The van der Waals surface area contributed by atoms with Crippen LogP contribution in [0.5, 0.6) is 0 Å². The average molecular weight is 601 g/mol. The zero-order chi connectivity index (χ0) is 26.9. The number of anilines is 2. The number of benzene rings is 3. The molecule has 7 nitrogen and oxygen atoms in total. The summed E-state index contributed by atoms with van der Waals surface area (Å²) in [5.41, 5.74) is -1.14. The van der Waals surface area contributed by atoms with E-state index in [4.69, 9.17) is 0 Å². The number of hydrogen-bond acceptors (Lipinski definition) is 4. The average Bonchev–Trinajstić information content (AvgIpc) is 2.82. The highest BCUT2D eigenvalue weighted by Crippen LogP contribution is 2.38. The third-order valence-corrected chi connectivity index (χ3v) is 6.35. The second-order valence-electron chi connectivity index (χ2n) is 7.50. The molecule has 2 unspecified atom stereocenters. The van der Waals surface area contributed by atoms with Crippen molar-refractivity contribution in [3.8, 4) is 0 Å². The fourth-order valence-electron chi connectivity index (χ4n) is 3.58. The Morgan fingerprint density at radius 3 is 2.43 bits per heavy atom. The van der Waals surface area contributed by atoms with Gasteiger partial charge in [0, 0.05) is 28.5 Å². The van der Waals surface area contributed by atoms with Crippen LogP contribution < -0.4 is 9.62 Å². The molecule has 0 saturated heterocycles. The van der Waals surface area contributed by atoms with Crippen LogP contribution in [0.4, 0.5) is 33.3 Å². The number of para-hydroxylation sites is 1. The summed E-state index contributed by atoms with van der Waals surface area (Å²) in [6.07, 6.45) is -2.42. The second kappa shape index (κ2) is 10.5. The molecule has 1 aromatic heterocycles. The largest absolute Gasteiger partial charge is 0.412 e. The minimum absolute atomic E-state index is 0.0375. The molecule has 1 heterocycles. The van der Waals surface area contributed by atoms with Crippen LogP contribution in [0.2, 0.25) is 0 Å². The van der Waals surface area contributed by atoms with Crippen LogP contribution in [0.1, 0.15) is 22.0 Å². The highest BCUT2D eigenvalue weighted by atomic mass is 79.9. The summed E-state index contributed by atoms with van der Waals surface area (Å²) in [5, 5.41) is 1.72. The number of nitrogens with one attached hydrogen (secondary N) is 1. The van der Waals surface area contributed by atoms with Gasteiger partial charge in [0.25, 0.3) is 17.2 Å². The van der Waals surface area contributed by atoms with E-state index in [1.807, 2.05) is 0 Å². The fourth-order valence-corrected chi connectivity index (χ4v) is 4.57. The molecule has 192 valence electrons. The van der Waals surface area contributed by atoms with Crippen molar-refractivity contribution in [1.82, 2.24) is 15.3 Å². The number of hydrogen-bond donors (Lipinski definition) is 2. The normalized spacial score (nSPS) is 13.3. The third-order valence-electron chi connectivity index (χ3n) is 5.15. The van der Waals surface area contributed by atoms with Crippen molar-refractivity contribution in [2.75, 3.05) is 4.31 Å². The monoisotopic (exact) mass is 600 g/mol. The van der Waals surface area contributed by atoms with Crippen molar-refractivity contribution >= 4 is 55.5 Å². The first-order valence-electron chi connectivity index (χ1n) is 10.2. The van der Waals surface area contributed by atoms with Gasteiger partial charge in [-0.2, -0.15) is 13.2 Å². The summed E-state index contributed by atoms with van der Waals surface area (Å²) in [4.78, 5) is 21.4. The van der Waals surface area contributed by atoms with E-state index in [0.717, 1.165) is 10.4 Å². The van der Waals surface area contributed by atoms with Crippen LogP contribution in [0.3, 0.4) is 0 Å². The van der Waals surface area contributed by atoms with E-state index >= 15 is 0 Å². The van der Waals surface area contributed by atoms with Gasteiger partial charge >= 0.3 is 6.18 Å². The summed E-state index contributed by atoms with van der Waals surface area (Å²) in [6, 6.07) is 6.87. The van der Waals surface area contributed by atoms with E-state index in [1.165, 1.54) is 36.7 Å². The Labute approximate surface area is 216 Å². The van der Waals surface area contributed by atoms with Crippen molar-refractivity contribution < 1.29 is 35.5 Å². The van der Waals surface area contributed by atoms with E-state index in [1.54, 1.807) is 11.4 Å². The summed E-state index contributed by atoms with van der Waals surface area (Å²) in [7, 11) is 0. The van der Waals surface area contributed by atoms with Crippen LogP contribution in [0, 0.1) is 11.6 Å². The number of carbonyl (C=O) groups is 1. The topological polar surface area (TPSA) is 95.4 Å². The fraction of sp³-hybridized carbons (Fsp3) is 0.0870. The smallest absolute Gasteiger partial charge is 0.337 e. The lowest BCUT2D eigenvalue weighted by molar-refractivity contribution is -0.155. The van der Waals surface area contributed by atoms with Crippen molar-refractivity contribution in [3.05, 3.63) is 94.2 Å². The molecule has 0 radical (unpaired) electrons. The second-order valence-corrected chi connectivity index (χ2v) is 9.24. The van der Waals surface area contributed by atoms with Crippen LogP contribution in [0.25, 0.3) is 11.0 Å². The molecule has 0 bridgehead atoms. The van der Waals surface area contributed by atoms with Crippen molar-refractivity contribution in [1.29, 1.82) is 0 Å². The molecule has 4 aromatic rings. The molecule has 3 aromatic carbocycles. The van der Waals surface area contributed by atoms with E-state index in [0.29, 0.717) is 22.1 Å². The number of fused-ring (bicyclic) bond motifs is 1. The van der Waals surface area contributed by atoms with Crippen LogP contribution in [-0.4, -0.2) is 30.8 Å². The molecular weight excluding hydrogens is 587 g/mol. The quantitative estimate of drug-likeness (QED) is 0.210. The van der Waals surface area contributed by atoms with Gasteiger partial charge in [-0.05, 0) is 36.4 Å². The first-order valence-corrected chi connectivity index (χ1v) is 12.1. The standard InChI is InChI=1S/C23H14BrF5N4O3S/c24-12-4-6-15(22(34)32-21(23(27,28)29)14-7-5-13(25)11-16(14)26)19(10-12)33(37(35)36)18-3-1-2-17-20(18)31-9-8-30-17/h1-11,21H,(H,32,34)(H,35,36). The molecule has 0 aliphatic carbocycles. The number of halogens is 6. The molecule has 1 amide bonds. The lowest BCUT2D eigenvalue weighted by Crippen LogP contribution is -2.39. The van der Waals surface area contributed by atoms with E-state index in [-0.39, 0.29) is 23.0 Å². The third kappa shape index (κ3) is 5.60. The molecule has 0 aliphatic rings. The van der Waals surface area contributed by atoms with Gasteiger partial charge in [-0.3, -0.25) is 19.3 Å². The number of aromatic nitrogens is 2. The molecule has 14 heteroatoms. The van der Waals surface area contributed by atoms with Gasteiger partial charge in [-0.15, -0.1) is 0 Å². The van der Waals surface area contributed by atoms with Gasteiger partial charge in [-0.25, -0.2) is 17.3 Å². The van der Waals surface area contributed by atoms with Crippen LogP contribution >= 0.6 is 15.9 Å². The first kappa shape index (κ1) is 26.6. The Balaban J connectivity index is 1.83. The van der Waals surface area contributed by atoms with Crippen molar-refractivity contribution in [2.45, 2.75) is 12.2 Å². The Morgan fingerprint density at radius 2 is 1.76 bits per heavy atom. The number of alkyl halides is 3. The SMILES string of the molecule is O=C(NC(c1ccc(F)cc1F)C(F)(F)F)c1ccc(Br)cc1N(c1cccc2nccnc12)S(=O)O. The highest BCUT2D eigenvalue weighted by Gasteiger charge is 2.44. The molecule has 4 rings (SSSR count). The predicted octanol–water partition coefficient (Wildman–Crippen LogP) is 5.98. The molecule has 2 atom stereocenters. The van der Waals surface area contributed by atoms with Crippen LogP contribution in [-0.2, 0) is 11.3 Å². The molecule has 2 N–H and O–H groups in total. The Hall–Kier alpha value is -3.49. The van der Waals surface area contributed by atoms with Gasteiger partial charge in [0.2, 0.25) is 0 Å². The predicted molar refractivity (Wildman–Crippen MR) is 129 cm³/mol. The van der Waals surface area contributed by atoms with Gasteiger partial charge in [0.1, 0.15) is 17.2 Å². The lowest BCUT2D eigenvalue weighted by Gasteiger charge is -2.26. The van der Waals surface area contributed by atoms with Gasteiger partial charge in [-0.1, -0.05) is 28.1 Å². The van der Waals surface area contributed by atoms with E-state index in [2.05, 4.69) is 25.9 Å². The van der Waals surface area contributed by atoms with Gasteiger partial charge in [0.05, 0.1) is 22.5 Å². The number of amides is 1. The van der Waals surface area contributed by atoms with Gasteiger partial charge < -0.3 is 5.32 Å².